The van der Waals surface area contributed by atoms with Gasteiger partial charge in [0.1, 0.15) is 23.2 Å². The number of benzene rings is 1. The number of ether oxygens (including phenoxy) is 1. The molecule has 4 rings (SSSR count). The summed E-state index contributed by atoms with van der Waals surface area (Å²) in [6, 6.07) is 9.46. The van der Waals surface area contributed by atoms with Gasteiger partial charge in [-0.15, -0.1) is 0 Å². The van der Waals surface area contributed by atoms with E-state index in [1.807, 2.05) is 29.2 Å². The minimum absolute atomic E-state index is 0.0332. The Labute approximate surface area is 163 Å². The van der Waals surface area contributed by atoms with Crippen LogP contribution in [0.2, 0.25) is 0 Å². The molecular formula is C21H24N4O3. The van der Waals surface area contributed by atoms with Gasteiger partial charge in [-0.3, -0.25) is 9.48 Å². The van der Waals surface area contributed by atoms with Crippen LogP contribution in [0.25, 0.3) is 0 Å². The van der Waals surface area contributed by atoms with Gasteiger partial charge >= 0.3 is 0 Å². The molecule has 0 bridgehead atoms. The van der Waals surface area contributed by atoms with Crippen LogP contribution in [0, 0.1) is 0 Å². The average molecular weight is 380 g/mol. The lowest BCUT2D eigenvalue weighted by Gasteiger charge is -2.33. The number of aryl methyl sites for hydroxylation is 1. The van der Waals surface area contributed by atoms with Crippen LogP contribution in [-0.4, -0.2) is 39.2 Å². The number of para-hydroxylation sites is 1. The Hall–Kier alpha value is -3.09. The predicted molar refractivity (Wildman–Crippen MR) is 103 cm³/mol. The summed E-state index contributed by atoms with van der Waals surface area (Å²) < 4.78 is 13.1. The van der Waals surface area contributed by atoms with E-state index in [1.54, 1.807) is 37.3 Å². The second kappa shape index (κ2) is 7.88. The molecule has 146 valence electrons. The minimum Gasteiger partial charge on any atom is -0.496 e. The zero-order valence-corrected chi connectivity index (χ0v) is 16.2. The lowest BCUT2D eigenvalue weighted by molar-refractivity contribution is 0.0558. The highest BCUT2D eigenvalue weighted by Crippen LogP contribution is 2.32. The molecule has 1 atom stereocenters. The summed E-state index contributed by atoms with van der Waals surface area (Å²) in [4.78, 5) is 19.4. The van der Waals surface area contributed by atoms with Crippen LogP contribution in [0.1, 0.15) is 53.0 Å². The number of carbonyl (C=O) groups is 1. The Kier molecular flexibility index (Phi) is 5.14. The van der Waals surface area contributed by atoms with E-state index in [4.69, 9.17) is 9.15 Å². The van der Waals surface area contributed by atoms with Crippen LogP contribution in [0.5, 0.6) is 5.75 Å². The molecule has 2 aromatic heterocycles. The SMILES string of the molecule is COc1ccccc1Cc1cnc([C@@H]2CCCCN2C(=O)c2ccnn2C)o1. The van der Waals surface area contributed by atoms with E-state index < -0.39 is 0 Å². The van der Waals surface area contributed by atoms with Crippen molar-refractivity contribution in [1.29, 1.82) is 0 Å². The van der Waals surface area contributed by atoms with Crippen LogP contribution in [-0.2, 0) is 13.5 Å². The van der Waals surface area contributed by atoms with E-state index in [-0.39, 0.29) is 11.9 Å². The van der Waals surface area contributed by atoms with Crippen molar-refractivity contribution in [3.63, 3.8) is 0 Å². The highest BCUT2D eigenvalue weighted by molar-refractivity contribution is 5.92. The van der Waals surface area contributed by atoms with Gasteiger partial charge in [0.25, 0.3) is 5.91 Å². The number of likely N-dealkylation sites (tertiary alicyclic amines) is 1. The Balaban J connectivity index is 1.56. The molecule has 0 aliphatic carbocycles. The smallest absolute Gasteiger partial charge is 0.272 e. The molecule has 3 aromatic rings. The molecule has 1 aliphatic rings. The Morgan fingerprint density at radius 1 is 1.29 bits per heavy atom. The molecule has 7 heteroatoms. The van der Waals surface area contributed by atoms with Crippen molar-refractivity contribution in [3.05, 3.63) is 65.6 Å². The minimum atomic E-state index is -0.150. The highest BCUT2D eigenvalue weighted by atomic mass is 16.5. The molecule has 1 fully saturated rings. The fourth-order valence-corrected chi connectivity index (χ4v) is 3.76. The molecule has 3 heterocycles. The third-order valence-electron chi connectivity index (χ3n) is 5.22. The third-order valence-corrected chi connectivity index (χ3v) is 5.22. The Morgan fingerprint density at radius 3 is 2.93 bits per heavy atom. The fourth-order valence-electron chi connectivity index (χ4n) is 3.76. The first kappa shape index (κ1) is 18.3. The summed E-state index contributed by atoms with van der Waals surface area (Å²) in [7, 11) is 3.44. The molecule has 0 saturated carbocycles. The number of carbonyl (C=O) groups excluding carboxylic acids is 1. The molecule has 1 aromatic carbocycles. The molecule has 1 saturated heterocycles. The first-order chi connectivity index (χ1) is 13.7. The van der Waals surface area contributed by atoms with Crippen LogP contribution in [0.4, 0.5) is 0 Å². The zero-order chi connectivity index (χ0) is 19.5. The number of hydrogen-bond acceptors (Lipinski definition) is 5. The lowest BCUT2D eigenvalue weighted by atomic mass is 10.0. The van der Waals surface area contributed by atoms with Gasteiger partial charge in [-0.25, -0.2) is 4.98 Å². The number of rotatable bonds is 5. The number of hydrogen-bond donors (Lipinski definition) is 0. The van der Waals surface area contributed by atoms with Gasteiger partial charge in [0, 0.05) is 31.8 Å². The summed E-state index contributed by atoms with van der Waals surface area (Å²) in [5, 5.41) is 4.12. The van der Waals surface area contributed by atoms with E-state index in [0.717, 1.165) is 36.3 Å². The monoisotopic (exact) mass is 380 g/mol. The normalized spacial score (nSPS) is 16.9. The molecule has 0 spiro atoms. The largest absolute Gasteiger partial charge is 0.496 e. The number of nitrogens with zero attached hydrogens (tertiary/aromatic N) is 4. The maximum atomic E-state index is 13.0. The number of methoxy groups -OCH3 is 1. The molecular weight excluding hydrogens is 356 g/mol. The highest BCUT2D eigenvalue weighted by Gasteiger charge is 2.33. The molecule has 0 N–H and O–H groups in total. The number of piperidine rings is 1. The zero-order valence-electron chi connectivity index (χ0n) is 16.2. The van der Waals surface area contributed by atoms with Crippen LogP contribution in [0.15, 0.2) is 47.1 Å². The topological polar surface area (TPSA) is 73.4 Å². The van der Waals surface area contributed by atoms with Gasteiger partial charge in [-0.05, 0) is 31.4 Å². The first-order valence-electron chi connectivity index (χ1n) is 9.53. The van der Waals surface area contributed by atoms with Gasteiger partial charge in [-0.2, -0.15) is 5.10 Å². The molecule has 0 unspecified atom stereocenters. The van der Waals surface area contributed by atoms with Crippen molar-refractivity contribution < 1.29 is 13.9 Å². The quantitative estimate of drug-likeness (QED) is 0.678. The summed E-state index contributed by atoms with van der Waals surface area (Å²) in [5.74, 6) is 2.15. The number of oxazole rings is 1. The fraction of sp³-hybridized carbons (Fsp3) is 0.381. The van der Waals surface area contributed by atoms with Gasteiger partial charge in [0.2, 0.25) is 5.89 Å². The van der Waals surface area contributed by atoms with E-state index in [1.165, 1.54) is 0 Å². The molecule has 1 amide bonds. The summed E-state index contributed by atoms with van der Waals surface area (Å²) in [5.41, 5.74) is 1.62. The molecule has 7 nitrogen and oxygen atoms in total. The van der Waals surface area contributed by atoms with E-state index in [2.05, 4.69) is 10.1 Å². The number of amides is 1. The summed E-state index contributed by atoms with van der Waals surface area (Å²) >= 11 is 0. The maximum Gasteiger partial charge on any atom is 0.272 e. The second-order valence-corrected chi connectivity index (χ2v) is 7.00. The first-order valence-corrected chi connectivity index (χ1v) is 9.53. The summed E-state index contributed by atoms with van der Waals surface area (Å²) in [6.45, 7) is 0.693. The van der Waals surface area contributed by atoms with Gasteiger partial charge in [0.15, 0.2) is 0 Å². The molecule has 28 heavy (non-hydrogen) atoms. The maximum absolute atomic E-state index is 13.0. The lowest BCUT2D eigenvalue weighted by Crippen LogP contribution is -2.39. The molecule has 1 aliphatic heterocycles. The Morgan fingerprint density at radius 2 is 2.14 bits per heavy atom. The predicted octanol–water partition coefficient (Wildman–Crippen LogP) is 3.37. The van der Waals surface area contributed by atoms with Crippen molar-refractivity contribution in [2.45, 2.75) is 31.7 Å². The second-order valence-electron chi connectivity index (χ2n) is 7.00. The van der Waals surface area contributed by atoms with E-state index >= 15 is 0 Å². The van der Waals surface area contributed by atoms with Gasteiger partial charge < -0.3 is 14.1 Å². The van der Waals surface area contributed by atoms with Crippen molar-refractivity contribution in [2.75, 3.05) is 13.7 Å². The van der Waals surface area contributed by atoms with Crippen LogP contribution >= 0.6 is 0 Å². The van der Waals surface area contributed by atoms with Gasteiger partial charge in [0.05, 0.1) is 13.3 Å². The average Bonchev–Trinajstić information content (AvgIpc) is 3.37. The number of aromatic nitrogens is 3. The summed E-state index contributed by atoms with van der Waals surface area (Å²) in [6.07, 6.45) is 6.86. The van der Waals surface area contributed by atoms with Crippen molar-refractivity contribution in [1.82, 2.24) is 19.7 Å². The van der Waals surface area contributed by atoms with Crippen LogP contribution < -0.4 is 4.74 Å². The van der Waals surface area contributed by atoms with E-state index in [0.29, 0.717) is 24.6 Å². The van der Waals surface area contributed by atoms with Crippen LogP contribution in [0.3, 0.4) is 0 Å². The molecule has 0 radical (unpaired) electrons. The standard InChI is InChI=1S/C21H24N4O3/c1-24-18(10-11-23-24)21(26)25-12-6-5-8-17(25)20-22-14-16(28-20)13-15-7-3-4-9-19(15)27-2/h3-4,7,9-11,14,17H,5-6,8,12-13H2,1-2H3/t17-/m0/s1. The van der Waals surface area contributed by atoms with Crippen molar-refractivity contribution >= 4 is 5.91 Å². The van der Waals surface area contributed by atoms with Crippen molar-refractivity contribution in [3.8, 4) is 5.75 Å². The van der Waals surface area contributed by atoms with E-state index in [9.17, 15) is 4.79 Å². The van der Waals surface area contributed by atoms with Crippen molar-refractivity contribution in [2.24, 2.45) is 7.05 Å². The Bertz CT molecular complexity index is 962. The van der Waals surface area contributed by atoms with Gasteiger partial charge in [-0.1, -0.05) is 18.2 Å². The third kappa shape index (κ3) is 3.52.